The van der Waals surface area contributed by atoms with Crippen LogP contribution in [0.1, 0.15) is 136 Å². The smallest absolute Gasteiger partial charge is 0.247 e. The standard InChI is InChI=1S/C23H28N6O2.C23H26N6O2.C23H28N6O2/c2*1-14-10-19(11-15(2)31-14)22-16(3)28-29(17(22)4)13-21(30)27-20-7-6-18(12-26-20)23-24-8-5-9-25-23;1-14-7-19(8-15(2)31-14)23-16(3)28-29(17(23)4)12-22(30)27-21-6-5-18(11-26-21)20-9-24-13-25-10-20/h5-9,12,14-15,19H,10-11,13H2,1-4H3,(H,26,27,30);5-10,12,14-15H,11,13H2,1-4H3,(H,26,27,30);5-6,9-11,13-15,19H,7-8,12H2,1-4H3,(H,26,27,30). The second kappa shape index (κ2) is 30.2. The number of hydrogen-bond donors (Lipinski definition) is 3. The first-order valence-electron chi connectivity index (χ1n) is 31.6. The molecule has 93 heavy (non-hydrogen) atoms. The molecule has 9 aromatic rings. The van der Waals surface area contributed by atoms with E-state index in [1.165, 1.54) is 23.0 Å². The summed E-state index contributed by atoms with van der Waals surface area (Å²) in [6.07, 6.45) is 24.7. The number of nitrogens with one attached hydrogen (secondary N) is 3. The number of aromatic nitrogens is 15. The summed E-state index contributed by atoms with van der Waals surface area (Å²) in [5, 5.41) is 22.4. The van der Waals surface area contributed by atoms with Gasteiger partial charge in [0.25, 0.3) is 0 Å². The summed E-state index contributed by atoms with van der Waals surface area (Å²) in [5.74, 6) is 2.96. The topological polar surface area (TPSA) is 284 Å². The van der Waals surface area contributed by atoms with Crippen LogP contribution in [-0.2, 0) is 48.2 Å². The van der Waals surface area contributed by atoms with Gasteiger partial charge < -0.3 is 30.2 Å². The predicted octanol–water partition coefficient (Wildman–Crippen LogP) is 10.9. The lowest BCUT2D eigenvalue weighted by Crippen LogP contribution is -2.28. The Morgan fingerprint density at radius 1 is 0.452 bits per heavy atom. The highest BCUT2D eigenvalue weighted by Crippen LogP contribution is 2.38. The fourth-order valence-corrected chi connectivity index (χ4v) is 12.9. The maximum Gasteiger partial charge on any atom is 0.247 e. The monoisotopic (exact) mass is 1260 g/mol. The molecule has 484 valence electrons. The molecular formula is C69H82N18O6. The molecule has 24 nitrogen and oxygen atoms in total. The zero-order chi connectivity index (χ0) is 65.9. The highest BCUT2D eigenvalue weighted by molar-refractivity contribution is 5.91. The Labute approximate surface area is 542 Å². The lowest BCUT2D eigenvalue weighted by molar-refractivity contribution is -0.117. The molecule has 0 aromatic carbocycles. The van der Waals surface area contributed by atoms with Gasteiger partial charge in [-0.2, -0.15) is 15.3 Å². The Balaban J connectivity index is 0.000000153. The van der Waals surface area contributed by atoms with Crippen molar-refractivity contribution in [1.29, 1.82) is 0 Å². The van der Waals surface area contributed by atoms with E-state index in [2.05, 4.69) is 117 Å². The second-order valence-electron chi connectivity index (χ2n) is 24.3. The van der Waals surface area contributed by atoms with Gasteiger partial charge in [0, 0.05) is 101 Å². The summed E-state index contributed by atoms with van der Waals surface area (Å²) in [5.41, 5.74) is 14.2. The van der Waals surface area contributed by atoms with Crippen molar-refractivity contribution >= 4 is 40.7 Å². The average molecular weight is 1260 g/mol. The highest BCUT2D eigenvalue weighted by atomic mass is 16.5. The highest BCUT2D eigenvalue weighted by Gasteiger charge is 2.32. The number of aryl methyl sites for hydroxylation is 3. The number of ether oxygens (including phenoxy) is 3. The van der Waals surface area contributed by atoms with Gasteiger partial charge in [-0.3, -0.25) is 28.4 Å². The molecule has 6 atom stereocenters. The van der Waals surface area contributed by atoms with E-state index in [4.69, 9.17) is 14.2 Å². The molecule has 12 rings (SSSR count). The number of carbonyl (C=O) groups excluding carboxylic acids is 3. The van der Waals surface area contributed by atoms with E-state index in [0.29, 0.717) is 40.9 Å². The van der Waals surface area contributed by atoms with Crippen LogP contribution < -0.4 is 16.0 Å². The third-order valence-electron chi connectivity index (χ3n) is 16.7. The SMILES string of the molecule is Cc1nn(CC(=O)Nc2ccc(-c3cncnc3)cn2)c(C)c1C1CC(C)OC(C)C1.Cc1nn(CC(=O)Nc2ccc(-c3ncccn3)cn2)c(C)c1C1=CC(C)OC(C)C1.Cc1nn(CC(=O)Nc2ccc(-c3ncccn3)cn2)c(C)c1C1CC(C)OC(C)C1. The summed E-state index contributed by atoms with van der Waals surface area (Å²) in [7, 11) is 0. The molecule has 3 N–H and O–H groups in total. The molecule has 0 radical (unpaired) electrons. The van der Waals surface area contributed by atoms with Crippen LogP contribution >= 0.6 is 0 Å². The summed E-state index contributed by atoms with van der Waals surface area (Å²) in [6.45, 7) is 25.1. The second-order valence-corrected chi connectivity index (χ2v) is 24.3. The molecule has 0 saturated carbocycles. The van der Waals surface area contributed by atoms with Crippen LogP contribution in [0.15, 0.2) is 117 Å². The van der Waals surface area contributed by atoms with Crippen LogP contribution in [0.25, 0.3) is 39.5 Å². The van der Waals surface area contributed by atoms with Crippen LogP contribution in [0.5, 0.6) is 0 Å². The molecular weight excluding hydrogens is 1180 g/mol. The van der Waals surface area contributed by atoms with Gasteiger partial charge in [0.05, 0.1) is 53.7 Å². The fourth-order valence-electron chi connectivity index (χ4n) is 12.9. The van der Waals surface area contributed by atoms with Crippen LogP contribution in [0.3, 0.4) is 0 Å². The van der Waals surface area contributed by atoms with Crippen LogP contribution in [0, 0.1) is 41.5 Å². The van der Waals surface area contributed by atoms with Gasteiger partial charge in [-0.25, -0.2) is 44.9 Å². The molecule has 2 fully saturated rings. The molecule has 12 heterocycles. The van der Waals surface area contributed by atoms with Crippen molar-refractivity contribution in [2.75, 3.05) is 16.0 Å². The number of pyridine rings is 3. The molecule has 2 saturated heterocycles. The molecule has 3 aliphatic heterocycles. The zero-order valence-electron chi connectivity index (χ0n) is 54.9. The first kappa shape index (κ1) is 66.3. The quantitative estimate of drug-likeness (QED) is 0.0860. The average Bonchev–Trinajstić information content (AvgIpc) is 1.71. The molecule has 9 aromatic heterocycles. The first-order valence-corrected chi connectivity index (χ1v) is 31.6. The lowest BCUT2D eigenvalue weighted by atomic mass is 9.85. The van der Waals surface area contributed by atoms with E-state index in [1.54, 1.807) is 100 Å². The molecule has 0 bridgehead atoms. The fraction of sp³-hybridized carbons (Fsp3) is 0.406. The number of rotatable bonds is 15. The summed E-state index contributed by atoms with van der Waals surface area (Å²) < 4.78 is 22.9. The summed E-state index contributed by atoms with van der Waals surface area (Å²) in [4.78, 5) is 75.7. The minimum absolute atomic E-state index is 0.0690. The lowest BCUT2D eigenvalue weighted by Gasteiger charge is -2.32. The van der Waals surface area contributed by atoms with Gasteiger partial charge in [0.15, 0.2) is 11.6 Å². The molecule has 6 unspecified atom stereocenters. The van der Waals surface area contributed by atoms with E-state index in [9.17, 15) is 14.4 Å². The van der Waals surface area contributed by atoms with Crippen molar-refractivity contribution in [2.24, 2.45) is 0 Å². The van der Waals surface area contributed by atoms with Gasteiger partial charge in [-0.15, -0.1) is 0 Å². The molecule has 3 aliphatic rings. The van der Waals surface area contributed by atoms with E-state index in [1.807, 2.05) is 66.7 Å². The van der Waals surface area contributed by atoms with Crippen molar-refractivity contribution in [1.82, 2.24) is 74.2 Å². The Morgan fingerprint density at radius 2 is 0.839 bits per heavy atom. The Bertz CT molecular complexity index is 3840. The van der Waals surface area contributed by atoms with E-state index < -0.39 is 0 Å². The van der Waals surface area contributed by atoms with Crippen molar-refractivity contribution in [3.8, 4) is 33.9 Å². The Hall–Kier alpha value is -9.65. The number of hydrogen-bond acceptors (Lipinski definition) is 18. The van der Waals surface area contributed by atoms with Crippen LogP contribution in [0.2, 0.25) is 0 Å². The molecule has 0 aliphatic carbocycles. The summed E-state index contributed by atoms with van der Waals surface area (Å²) >= 11 is 0. The van der Waals surface area contributed by atoms with E-state index in [0.717, 1.165) is 94.1 Å². The molecule has 24 heteroatoms. The van der Waals surface area contributed by atoms with Crippen molar-refractivity contribution in [2.45, 2.75) is 183 Å². The number of amides is 3. The van der Waals surface area contributed by atoms with Gasteiger partial charge in [-0.05, 0) is 192 Å². The minimum Gasteiger partial charge on any atom is -0.376 e. The van der Waals surface area contributed by atoms with Crippen molar-refractivity contribution < 1.29 is 28.6 Å². The van der Waals surface area contributed by atoms with Crippen molar-refractivity contribution in [3.63, 3.8) is 0 Å². The normalized spacial score (nSPS) is 20.2. The number of carbonyl (C=O) groups is 3. The molecule has 3 amide bonds. The van der Waals surface area contributed by atoms with Gasteiger partial charge in [-0.1, -0.05) is 6.08 Å². The Morgan fingerprint density at radius 3 is 1.23 bits per heavy atom. The maximum absolute atomic E-state index is 12.6. The third-order valence-corrected chi connectivity index (χ3v) is 16.7. The van der Waals surface area contributed by atoms with Crippen molar-refractivity contribution in [3.05, 3.63) is 168 Å². The number of nitrogens with zero attached hydrogens (tertiary/aromatic N) is 15. The van der Waals surface area contributed by atoms with E-state index in [-0.39, 0.29) is 74.0 Å². The van der Waals surface area contributed by atoms with Gasteiger partial charge in [0.1, 0.15) is 43.4 Å². The molecule has 0 spiro atoms. The van der Waals surface area contributed by atoms with Crippen LogP contribution in [0.4, 0.5) is 17.5 Å². The zero-order valence-corrected chi connectivity index (χ0v) is 54.9. The number of anilines is 3. The summed E-state index contributed by atoms with van der Waals surface area (Å²) in [6, 6.07) is 14.3. The third kappa shape index (κ3) is 17.1. The largest absolute Gasteiger partial charge is 0.376 e. The predicted molar refractivity (Wildman–Crippen MR) is 353 cm³/mol. The maximum atomic E-state index is 12.6. The van der Waals surface area contributed by atoms with Gasteiger partial charge in [0.2, 0.25) is 17.7 Å². The van der Waals surface area contributed by atoms with Gasteiger partial charge >= 0.3 is 0 Å². The first-order chi connectivity index (χ1) is 44.7. The Kier molecular flexibility index (Phi) is 21.5. The van der Waals surface area contributed by atoms with E-state index >= 15 is 0 Å². The van der Waals surface area contributed by atoms with Crippen LogP contribution in [-0.4, -0.2) is 129 Å². The minimum atomic E-state index is -0.184.